The smallest absolute Gasteiger partial charge is 0.406 e. The lowest BCUT2D eigenvalue weighted by molar-refractivity contribution is -0.274. The summed E-state index contributed by atoms with van der Waals surface area (Å²) >= 11 is 0. The van der Waals surface area contributed by atoms with Gasteiger partial charge in [-0.2, -0.15) is 0 Å². The van der Waals surface area contributed by atoms with E-state index in [9.17, 15) is 13.2 Å². The molecule has 20 heavy (non-hydrogen) atoms. The summed E-state index contributed by atoms with van der Waals surface area (Å²) in [6, 6.07) is 5.93. The van der Waals surface area contributed by atoms with Gasteiger partial charge in [0, 0.05) is 32.0 Å². The lowest BCUT2D eigenvalue weighted by atomic mass is 10.2. The summed E-state index contributed by atoms with van der Waals surface area (Å²) in [5, 5.41) is 3.14. The summed E-state index contributed by atoms with van der Waals surface area (Å²) in [4.78, 5) is 3.92. The molecule has 0 unspecified atom stereocenters. The molecule has 1 N–H and O–H groups in total. The van der Waals surface area contributed by atoms with Gasteiger partial charge in [-0.15, -0.1) is 13.2 Å². The highest BCUT2D eigenvalue weighted by Crippen LogP contribution is 2.23. The number of rotatable bonds is 6. The van der Waals surface area contributed by atoms with Crippen molar-refractivity contribution in [3.05, 3.63) is 48.5 Å². The van der Waals surface area contributed by atoms with Gasteiger partial charge in [0.15, 0.2) is 0 Å². The summed E-state index contributed by atoms with van der Waals surface area (Å²) in [7, 11) is 0. The molecule has 0 aliphatic carbocycles. The molecule has 0 saturated carbocycles. The summed E-state index contributed by atoms with van der Waals surface area (Å²) < 4.78 is 42.1. The van der Waals surface area contributed by atoms with Crippen LogP contribution in [0.25, 0.3) is 0 Å². The molecular weight excluding hydrogens is 271 g/mol. The maximum Gasteiger partial charge on any atom is 0.573 e. The molecule has 4 nitrogen and oxygen atoms in total. The monoisotopic (exact) mass is 285 g/mol. The Kier molecular flexibility index (Phi) is 4.62. The summed E-state index contributed by atoms with van der Waals surface area (Å²) in [5.74, 6) is -0.202. The second kappa shape index (κ2) is 6.42. The van der Waals surface area contributed by atoms with Gasteiger partial charge in [0.05, 0.1) is 6.33 Å². The molecule has 0 atom stereocenters. The van der Waals surface area contributed by atoms with Crippen molar-refractivity contribution in [2.75, 3.05) is 6.54 Å². The van der Waals surface area contributed by atoms with E-state index in [4.69, 9.17) is 0 Å². The van der Waals surface area contributed by atoms with Gasteiger partial charge in [-0.3, -0.25) is 0 Å². The maximum atomic E-state index is 12.1. The van der Waals surface area contributed by atoms with Gasteiger partial charge < -0.3 is 14.6 Å². The summed E-state index contributed by atoms with van der Waals surface area (Å²) in [5.41, 5.74) is 0.734. The predicted molar refractivity (Wildman–Crippen MR) is 67.1 cm³/mol. The molecule has 0 radical (unpaired) electrons. The van der Waals surface area contributed by atoms with Gasteiger partial charge in [-0.25, -0.2) is 4.98 Å². The van der Waals surface area contributed by atoms with Crippen LogP contribution in [0.5, 0.6) is 5.75 Å². The van der Waals surface area contributed by atoms with Gasteiger partial charge in [0.25, 0.3) is 0 Å². The number of benzene rings is 1. The third kappa shape index (κ3) is 4.93. The van der Waals surface area contributed by atoms with E-state index in [0.29, 0.717) is 13.1 Å². The van der Waals surface area contributed by atoms with Crippen LogP contribution in [0.3, 0.4) is 0 Å². The molecule has 0 spiro atoms. The molecule has 108 valence electrons. The van der Waals surface area contributed by atoms with Gasteiger partial charge in [-0.05, 0) is 17.7 Å². The SMILES string of the molecule is FC(F)(F)Oc1cccc(CNCCn2ccnc2)c1. The molecule has 0 fully saturated rings. The van der Waals surface area contributed by atoms with Crippen molar-refractivity contribution in [2.45, 2.75) is 19.5 Å². The molecule has 0 aliphatic rings. The highest BCUT2D eigenvalue weighted by molar-refractivity contribution is 5.28. The highest BCUT2D eigenvalue weighted by atomic mass is 19.4. The third-order valence-corrected chi connectivity index (χ3v) is 2.57. The standard InChI is InChI=1S/C13H14F3N3O/c14-13(15,16)20-12-3-1-2-11(8-12)9-17-4-6-19-7-5-18-10-19/h1-3,5,7-8,10,17H,4,6,9H2. The van der Waals surface area contributed by atoms with E-state index < -0.39 is 6.36 Å². The molecule has 0 saturated heterocycles. The van der Waals surface area contributed by atoms with Crippen LogP contribution in [0.2, 0.25) is 0 Å². The Labute approximate surface area is 114 Å². The van der Waals surface area contributed by atoms with Crippen LogP contribution in [-0.4, -0.2) is 22.5 Å². The van der Waals surface area contributed by atoms with Crippen molar-refractivity contribution in [2.24, 2.45) is 0 Å². The number of imidazole rings is 1. The van der Waals surface area contributed by atoms with Crippen molar-refractivity contribution < 1.29 is 17.9 Å². The quantitative estimate of drug-likeness (QED) is 0.829. The van der Waals surface area contributed by atoms with Gasteiger partial charge >= 0.3 is 6.36 Å². The van der Waals surface area contributed by atoms with Crippen molar-refractivity contribution in [1.29, 1.82) is 0 Å². The summed E-state index contributed by atoms with van der Waals surface area (Å²) in [6.07, 6.45) is 0.588. The Balaban J connectivity index is 1.79. The van der Waals surface area contributed by atoms with Gasteiger partial charge in [0.1, 0.15) is 5.75 Å². The zero-order valence-corrected chi connectivity index (χ0v) is 10.6. The molecule has 1 aromatic carbocycles. The number of nitrogens with zero attached hydrogens (tertiary/aromatic N) is 2. The van der Waals surface area contributed by atoms with Crippen molar-refractivity contribution in [3.63, 3.8) is 0 Å². The Hall–Kier alpha value is -2.02. The first kappa shape index (κ1) is 14.4. The van der Waals surface area contributed by atoms with Crippen LogP contribution in [0.4, 0.5) is 13.2 Å². The van der Waals surface area contributed by atoms with Crippen molar-refractivity contribution in [1.82, 2.24) is 14.9 Å². The van der Waals surface area contributed by atoms with Crippen LogP contribution in [0, 0.1) is 0 Å². The predicted octanol–water partition coefficient (Wildman–Crippen LogP) is 2.57. The third-order valence-electron chi connectivity index (χ3n) is 2.57. The largest absolute Gasteiger partial charge is 0.573 e. The number of hydrogen-bond acceptors (Lipinski definition) is 3. The topological polar surface area (TPSA) is 39.1 Å². The summed E-state index contributed by atoms with van der Waals surface area (Å²) in [6.45, 7) is 1.92. The molecule has 1 aromatic heterocycles. The van der Waals surface area contributed by atoms with Crippen LogP contribution in [-0.2, 0) is 13.1 Å². The number of ether oxygens (including phenoxy) is 1. The second-order valence-corrected chi connectivity index (χ2v) is 4.17. The number of aromatic nitrogens is 2. The lowest BCUT2D eigenvalue weighted by Crippen LogP contribution is -2.19. The van der Waals surface area contributed by atoms with Crippen LogP contribution >= 0.6 is 0 Å². The Morgan fingerprint density at radius 1 is 1.30 bits per heavy atom. The molecule has 2 rings (SSSR count). The normalized spacial score (nSPS) is 11.6. The van der Waals surface area contributed by atoms with Crippen molar-refractivity contribution in [3.8, 4) is 5.75 Å². The minimum absolute atomic E-state index is 0.202. The number of alkyl halides is 3. The highest BCUT2D eigenvalue weighted by Gasteiger charge is 2.31. The maximum absolute atomic E-state index is 12.1. The first-order valence-electron chi connectivity index (χ1n) is 6.04. The second-order valence-electron chi connectivity index (χ2n) is 4.17. The fourth-order valence-corrected chi connectivity index (χ4v) is 1.71. The molecule has 0 bridgehead atoms. The van der Waals surface area contributed by atoms with E-state index in [1.165, 1.54) is 18.2 Å². The van der Waals surface area contributed by atoms with E-state index >= 15 is 0 Å². The first-order chi connectivity index (χ1) is 9.53. The fourth-order valence-electron chi connectivity index (χ4n) is 1.71. The van der Waals surface area contributed by atoms with Crippen LogP contribution < -0.4 is 10.1 Å². The Morgan fingerprint density at radius 2 is 2.15 bits per heavy atom. The molecular formula is C13H14F3N3O. The number of halogens is 3. The Bertz CT molecular complexity index is 526. The fraction of sp³-hybridized carbons (Fsp3) is 0.308. The minimum Gasteiger partial charge on any atom is -0.406 e. The molecule has 2 aromatic rings. The molecule has 0 amide bonds. The molecule has 7 heteroatoms. The molecule has 1 heterocycles. The zero-order chi connectivity index (χ0) is 14.4. The Morgan fingerprint density at radius 3 is 2.85 bits per heavy atom. The van der Waals surface area contributed by atoms with Gasteiger partial charge in [-0.1, -0.05) is 12.1 Å². The van der Waals surface area contributed by atoms with Gasteiger partial charge in [0.2, 0.25) is 0 Å². The number of hydrogen-bond donors (Lipinski definition) is 1. The van der Waals surface area contributed by atoms with E-state index in [1.54, 1.807) is 18.6 Å². The zero-order valence-electron chi connectivity index (χ0n) is 10.6. The van der Waals surface area contributed by atoms with Crippen LogP contribution in [0.15, 0.2) is 43.0 Å². The first-order valence-corrected chi connectivity index (χ1v) is 6.04. The van der Waals surface area contributed by atoms with E-state index in [-0.39, 0.29) is 5.75 Å². The van der Waals surface area contributed by atoms with E-state index in [1.807, 2.05) is 10.8 Å². The van der Waals surface area contributed by atoms with Crippen molar-refractivity contribution >= 4 is 0 Å². The molecule has 0 aliphatic heterocycles. The van der Waals surface area contributed by atoms with E-state index in [0.717, 1.165) is 12.1 Å². The van der Waals surface area contributed by atoms with E-state index in [2.05, 4.69) is 15.0 Å². The van der Waals surface area contributed by atoms with Crippen LogP contribution in [0.1, 0.15) is 5.56 Å². The lowest BCUT2D eigenvalue weighted by Gasteiger charge is -2.10. The minimum atomic E-state index is -4.66. The average molecular weight is 285 g/mol. The number of nitrogens with one attached hydrogen (secondary N) is 1. The average Bonchev–Trinajstić information content (AvgIpc) is 2.86.